The number of amides is 2. The van der Waals surface area contributed by atoms with Gasteiger partial charge in [0.25, 0.3) is 0 Å². The quantitative estimate of drug-likeness (QED) is 0.581. The zero-order valence-corrected chi connectivity index (χ0v) is 12.9. The molecule has 0 unspecified atom stereocenters. The largest absolute Gasteiger partial charge is 0.356 e. The molecular weight excluding hydrogens is 242 g/mol. The standard InChI is InChI=1S/C14H29N3O2/c1-11(2)15-9-6-7-12(18)16-10-8-13(19)17-14(3,4)5/h11,15H,6-10H2,1-5H3,(H,16,18)(H,17,19). The Kier molecular flexibility index (Phi) is 8.39. The van der Waals surface area contributed by atoms with E-state index in [4.69, 9.17) is 0 Å². The highest BCUT2D eigenvalue weighted by molar-refractivity contribution is 5.79. The number of hydrogen-bond donors (Lipinski definition) is 3. The zero-order valence-electron chi connectivity index (χ0n) is 12.9. The minimum absolute atomic E-state index is 0.00844. The Morgan fingerprint density at radius 3 is 2.16 bits per heavy atom. The van der Waals surface area contributed by atoms with E-state index >= 15 is 0 Å². The Bertz CT molecular complexity index is 283. The first-order chi connectivity index (χ1) is 8.70. The molecule has 0 rings (SSSR count). The fraction of sp³-hybridized carbons (Fsp3) is 0.857. The summed E-state index contributed by atoms with van der Waals surface area (Å²) >= 11 is 0. The smallest absolute Gasteiger partial charge is 0.222 e. The van der Waals surface area contributed by atoms with Crippen LogP contribution in [0.1, 0.15) is 53.9 Å². The molecule has 0 radical (unpaired) electrons. The zero-order chi connectivity index (χ0) is 14.9. The molecule has 0 atom stereocenters. The molecule has 3 N–H and O–H groups in total. The molecule has 0 aromatic rings. The third kappa shape index (κ3) is 13.1. The summed E-state index contributed by atoms with van der Waals surface area (Å²) in [5.41, 5.74) is -0.219. The highest BCUT2D eigenvalue weighted by atomic mass is 16.2. The van der Waals surface area contributed by atoms with Crippen molar-refractivity contribution in [3.8, 4) is 0 Å². The van der Waals surface area contributed by atoms with Crippen molar-refractivity contribution in [1.29, 1.82) is 0 Å². The summed E-state index contributed by atoms with van der Waals surface area (Å²) in [5, 5.41) is 8.87. The van der Waals surface area contributed by atoms with Crippen molar-refractivity contribution in [3.63, 3.8) is 0 Å². The van der Waals surface area contributed by atoms with Crippen LogP contribution in [-0.4, -0.2) is 36.5 Å². The number of rotatable bonds is 8. The van der Waals surface area contributed by atoms with Crippen LogP contribution in [0.2, 0.25) is 0 Å². The van der Waals surface area contributed by atoms with Gasteiger partial charge in [-0.1, -0.05) is 13.8 Å². The van der Waals surface area contributed by atoms with Crippen LogP contribution in [0, 0.1) is 0 Å². The first-order valence-electron chi connectivity index (χ1n) is 7.02. The van der Waals surface area contributed by atoms with Crippen LogP contribution < -0.4 is 16.0 Å². The van der Waals surface area contributed by atoms with Crippen molar-refractivity contribution in [1.82, 2.24) is 16.0 Å². The van der Waals surface area contributed by atoms with Crippen LogP contribution in [0.15, 0.2) is 0 Å². The van der Waals surface area contributed by atoms with Gasteiger partial charge < -0.3 is 16.0 Å². The number of carbonyl (C=O) groups excluding carboxylic acids is 2. The molecule has 0 bridgehead atoms. The highest BCUT2D eigenvalue weighted by Gasteiger charge is 2.13. The summed E-state index contributed by atoms with van der Waals surface area (Å²) in [4.78, 5) is 23.0. The molecule has 0 aliphatic heterocycles. The molecule has 5 heteroatoms. The monoisotopic (exact) mass is 271 g/mol. The van der Waals surface area contributed by atoms with E-state index in [1.54, 1.807) is 0 Å². The first kappa shape index (κ1) is 17.9. The number of carbonyl (C=O) groups is 2. The van der Waals surface area contributed by atoms with Gasteiger partial charge in [-0.05, 0) is 33.7 Å². The van der Waals surface area contributed by atoms with E-state index in [0.29, 0.717) is 25.4 Å². The molecule has 0 saturated carbocycles. The predicted octanol–water partition coefficient (Wildman–Crippen LogP) is 1.19. The van der Waals surface area contributed by atoms with E-state index in [1.165, 1.54) is 0 Å². The summed E-state index contributed by atoms with van der Waals surface area (Å²) in [6.45, 7) is 11.2. The minimum Gasteiger partial charge on any atom is -0.356 e. The summed E-state index contributed by atoms with van der Waals surface area (Å²) in [5.74, 6) is -0.0246. The second-order valence-corrected chi connectivity index (χ2v) is 6.11. The van der Waals surface area contributed by atoms with Gasteiger partial charge in [0.05, 0.1) is 0 Å². The summed E-state index contributed by atoms with van der Waals surface area (Å²) < 4.78 is 0. The SMILES string of the molecule is CC(C)NCCCC(=O)NCCC(=O)NC(C)(C)C. The molecule has 112 valence electrons. The van der Waals surface area contributed by atoms with E-state index in [9.17, 15) is 9.59 Å². The van der Waals surface area contributed by atoms with Crippen LogP contribution in [0.25, 0.3) is 0 Å². The fourth-order valence-corrected chi connectivity index (χ4v) is 1.52. The van der Waals surface area contributed by atoms with Gasteiger partial charge in [-0.3, -0.25) is 9.59 Å². The van der Waals surface area contributed by atoms with Gasteiger partial charge in [0.1, 0.15) is 0 Å². The third-order valence-corrected chi connectivity index (χ3v) is 2.32. The molecule has 2 amide bonds. The molecule has 0 aliphatic rings. The fourth-order valence-electron chi connectivity index (χ4n) is 1.52. The van der Waals surface area contributed by atoms with Gasteiger partial charge in [0, 0.05) is 31.0 Å². The van der Waals surface area contributed by atoms with E-state index in [1.807, 2.05) is 20.8 Å². The van der Waals surface area contributed by atoms with Gasteiger partial charge in [-0.25, -0.2) is 0 Å². The van der Waals surface area contributed by atoms with E-state index in [0.717, 1.165) is 13.0 Å². The molecule has 19 heavy (non-hydrogen) atoms. The summed E-state index contributed by atoms with van der Waals surface area (Å²) in [6, 6.07) is 0.448. The van der Waals surface area contributed by atoms with Crippen molar-refractivity contribution in [2.24, 2.45) is 0 Å². The molecule has 0 heterocycles. The maximum Gasteiger partial charge on any atom is 0.222 e. The van der Waals surface area contributed by atoms with E-state index in [-0.39, 0.29) is 17.4 Å². The van der Waals surface area contributed by atoms with Crippen molar-refractivity contribution in [2.45, 2.75) is 65.5 Å². The van der Waals surface area contributed by atoms with Crippen molar-refractivity contribution < 1.29 is 9.59 Å². The van der Waals surface area contributed by atoms with Gasteiger partial charge >= 0.3 is 0 Å². The Morgan fingerprint density at radius 2 is 1.63 bits per heavy atom. The van der Waals surface area contributed by atoms with Gasteiger partial charge in [-0.2, -0.15) is 0 Å². The molecule has 0 aromatic carbocycles. The lowest BCUT2D eigenvalue weighted by Crippen LogP contribution is -2.42. The molecule has 0 aliphatic carbocycles. The lowest BCUT2D eigenvalue weighted by atomic mass is 10.1. The molecule has 0 fully saturated rings. The van der Waals surface area contributed by atoms with Gasteiger partial charge in [0.15, 0.2) is 0 Å². The molecule has 0 saturated heterocycles. The van der Waals surface area contributed by atoms with Crippen LogP contribution in [-0.2, 0) is 9.59 Å². The van der Waals surface area contributed by atoms with E-state index < -0.39 is 0 Å². The van der Waals surface area contributed by atoms with E-state index in [2.05, 4.69) is 29.8 Å². The normalized spacial score (nSPS) is 11.5. The average molecular weight is 271 g/mol. The maximum atomic E-state index is 11.5. The third-order valence-electron chi connectivity index (χ3n) is 2.32. The number of hydrogen-bond acceptors (Lipinski definition) is 3. The van der Waals surface area contributed by atoms with Crippen molar-refractivity contribution >= 4 is 11.8 Å². The van der Waals surface area contributed by atoms with Crippen LogP contribution in [0.4, 0.5) is 0 Å². The summed E-state index contributed by atoms with van der Waals surface area (Å²) in [6.07, 6.45) is 1.64. The average Bonchev–Trinajstić information content (AvgIpc) is 2.21. The summed E-state index contributed by atoms with van der Waals surface area (Å²) in [7, 11) is 0. The maximum absolute atomic E-state index is 11.5. The minimum atomic E-state index is -0.219. The Hall–Kier alpha value is -1.10. The first-order valence-corrected chi connectivity index (χ1v) is 7.02. The Balaban J connectivity index is 3.56. The van der Waals surface area contributed by atoms with Gasteiger partial charge in [-0.15, -0.1) is 0 Å². The lowest BCUT2D eigenvalue weighted by Gasteiger charge is -2.20. The molecule has 5 nitrogen and oxygen atoms in total. The van der Waals surface area contributed by atoms with Crippen LogP contribution in [0.5, 0.6) is 0 Å². The van der Waals surface area contributed by atoms with Gasteiger partial charge in [0.2, 0.25) is 11.8 Å². The molecule has 0 spiro atoms. The van der Waals surface area contributed by atoms with Crippen LogP contribution >= 0.6 is 0 Å². The lowest BCUT2D eigenvalue weighted by molar-refractivity contribution is -0.123. The molecule has 0 aromatic heterocycles. The number of nitrogens with one attached hydrogen (secondary N) is 3. The topological polar surface area (TPSA) is 70.2 Å². The Labute approximate surface area is 116 Å². The van der Waals surface area contributed by atoms with Crippen LogP contribution in [0.3, 0.4) is 0 Å². The Morgan fingerprint density at radius 1 is 1.00 bits per heavy atom. The predicted molar refractivity (Wildman–Crippen MR) is 77.9 cm³/mol. The second-order valence-electron chi connectivity index (χ2n) is 6.11. The highest BCUT2D eigenvalue weighted by Crippen LogP contribution is 1.98. The second kappa shape index (κ2) is 8.91. The van der Waals surface area contributed by atoms with Crippen molar-refractivity contribution in [3.05, 3.63) is 0 Å². The molecular formula is C14H29N3O2. The van der Waals surface area contributed by atoms with Crippen molar-refractivity contribution in [2.75, 3.05) is 13.1 Å².